The van der Waals surface area contributed by atoms with Crippen molar-refractivity contribution in [2.24, 2.45) is 0 Å². The SMILES string of the molecule is S=c1[nH]nc(C2CC2)n1Cc1cc(Br)cc2c1OCC2. The van der Waals surface area contributed by atoms with Crippen molar-refractivity contribution in [1.29, 1.82) is 0 Å². The third-order valence-electron chi connectivity index (χ3n) is 3.88. The molecule has 1 saturated carbocycles. The fourth-order valence-corrected chi connectivity index (χ4v) is 3.53. The van der Waals surface area contributed by atoms with Crippen LogP contribution in [-0.4, -0.2) is 21.4 Å². The molecule has 0 saturated heterocycles. The second-order valence-electron chi connectivity index (χ2n) is 5.40. The standard InChI is InChI=1S/C14H14BrN3OS/c15-11-5-9-3-4-19-12(9)10(6-11)7-18-13(8-1-2-8)16-17-14(18)20/h5-6,8H,1-4,7H2,(H,17,20). The summed E-state index contributed by atoms with van der Waals surface area (Å²) in [6.45, 7) is 1.49. The van der Waals surface area contributed by atoms with Gasteiger partial charge < -0.3 is 4.74 Å². The molecule has 0 bridgehead atoms. The lowest BCUT2D eigenvalue weighted by Crippen LogP contribution is -2.06. The fraction of sp³-hybridized carbons (Fsp3) is 0.429. The van der Waals surface area contributed by atoms with Gasteiger partial charge in [-0.2, -0.15) is 5.10 Å². The molecule has 0 spiro atoms. The van der Waals surface area contributed by atoms with Gasteiger partial charge in [-0.25, -0.2) is 0 Å². The average molecular weight is 352 g/mol. The van der Waals surface area contributed by atoms with Crippen molar-refractivity contribution >= 4 is 28.1 Å². The molecule has 20 heavy (non-hydrogen) atoms. The van der Waals surface area contributed by atoms with Gasteiger partial charge in [0.1, 0.15) is 11.6 Å². The van der Waals surface area contributed by atoms with E-state index in [1.165, 1.54) is 24.0 Å². The molecule has 6 heteroatoms. The van der Waals surface area contributed by atoms with E-state index in [1.54, 1.807) is 0 Å². The van der Waals surface area contributed by atoms with Crippen molar-refractivity contribution in [2.45, 2.75) is 31.7 Å². The van der Waals surface area contributed by atoms with E-state index < -0.39 is 0 Å². The number of nitrogens with one attached hydrogen (secondary N) is 1. The van der Waals surface area contributed by atoms with Crippen LogP contribution in [0.3, 0.4) is 0 Å². The first-order valence-corrected chi connectivity index (χ1v) is 8.01. The second-order valence-corrected chi connectivity index (χ2v) is 6.70. The van der Waals surface area contributed by atoms with Crippen LogP contribution in [0.2, 0.25) is 0 Å². The predicted octanol–water partition coefficient (Wildman–Crippen LogP) is 3.56. The van der Waals surface area contributed by atoms with Gasteiger partial charge >= 0.3 is 0 Å². The summed E-state index contributed by atoms with van der Waals surface area (Å²) in [6, 6.07) is 4.26. The first-order chi connectivity index (χ1) is 9.72. The van der Waals surface area contributed by atoms with E-state index in [0.29, 0.717) is 10.7 Å². The number of hydrogen-bond acceptors (Lipinski definition) is 3. The zero-order chi connectivity index (χ0) is 13.7. The molecule has 4 rings (SSSR count). The maximum atomic E-state index is 5.79. The van der Waals surface area contributed by atoms with Crippen molar-refractivity contribution in [1.82, 2.24) is 14.8 Å². The molecule has 1 aromatic heterocycles. The van der Waals surface area contributed by atoms with E-state index in [-0.39, 0.29) is 0 Å². The highest BCUT2D eigenvalue weighted by atomic mass is 79.9. The number of fused-ring (bicyclic) bond motifs is 1. The molecule has 1 aliphatic heterocycles. The number of rotatable bonds is 3. The Morgan fingerprint density at radius 2 is 2.30 bits per heavy atom. The van der Waals surface area contributed by atoms with Crippen molar-refractivity contribution in [3.8, 4) is 5.75 Å². The molecule has 0 amide bonds. The Morgan fingerprint density at radius 1 is 1.45 bits per heavy atom. The number of aromatic amines is 1. The Balaban J connectivity index is 1.77. The summed E-state index contributed by atoms with van der Waals surface area (Å²) in [5.74, 6) is 2.68. The van der Waals surface area contributed by atoms with E-state index in [4.69, 9.17) is 17.0 Å². The van der Waals surface area contributed by atoms with Crippen LogP contribution in [0.1, 0.15) is 35.7 Å². The van der Waals surface area contributed by atoms with E-state index in [1.807, 2.05) is 0 Å². The zero-order valence-electron chi connectivity index (χ0n) is 10.9. The molecule has 2 aliphatic rings. The minimum Gasteiger partial charge on any atom is -0.493 e. The predicted molar refractivity (Wildman–Crippen MR) is 81.8 cm³/mol. The smallest absolute Gasteiger partial charge is 0.195 e. The van der Waals surface area contributed by atoms with Crippen molar-refractivity contribution in [3.63, 3.8) is 0 Å². The van der Waals surface area contributed by atoms with Crippen LogP contribution in [0.5, 0.6) is 5.75 Å². The summed E-state index contributed by atoms with van der Waals surface area (Å²) >= 11 is 8.96. The molecule has 1 fully saturated rings. The Labute approximate surface area is 130 Å². The molecule has 0 atom stereocenters. The van der Waals surface area contributed by atoms with Crippen molar-refractivity contribution in [2.75, 3.05) is 6.61 Å². The summed E-state index contributed by atoms with van der Waals surface area (Å²) in [4.78, 5) is 0. The molecule has 104 valence electrons. The number of halogens is 1. The van der Waals surface area contributed by atoms with Gasteiger partial charge in [0.05, 0.1) is 13.2 Å². The summed E-state index contributed by atoms with van der Waals surface area (Å²) in [6.07, 6.45) is 3.41. The largest absolute Gasteiger partial charge is 0.493 e. The Bertz CT molecular complexity index is 733. The number of nitrogens with zero attached hydrogens (tertiary/aromatic N) is 2. The molecule has 0 unspecified atom stereocenters. The topological polar surface area (TPSA) is 42.8 Å². The van der Waals surface area contributed by atoms with Crippen LogP contribution < -0.4 is 4.74 Å². The Kier molecular flexibility index (Phi) is 2.96. The van der Waals surface area contributed by atoms with Crippen LogP contribution in [0.25, 0.3) is 0 Å². The van der Waals surface area contributed by atoms with Crippen LogP contribution in [-0.2, 0) is 13.0 Å². The third kappa shape index (κ3) is 2.11. The molecular formula is C14H14BrN3OS. The van der Waals surface area contributed by atoms with E-state index in [2.05, 4.69) is 42.8 Å². The van der Waals surface area contributed by atoms with Gasteiger partial charge in [0.25, 0.3) is 0 Å². The molecule has 2 aromatic rings. The van der Waals surface area contributed by atoms with E-state index in [9.17, 15) is 0 Å². The molecule has 1 aromatic carbocycles. The number of ether oxygens (including phenoxy) is 1. The van der Waals surface area contributed by atoms with Crippen LogP contribution in [0, 0.1) is 4.77 Å². The molecule has 0 radical (unpaired) electrons. The first kappa shape index (κ1) is 12.6. The number of hydrogen-bond donors (Lipinski definition) is 1. The summed E-state index contributed by atoms with van der Waals surface area (Å²) < 4.78 is 9.69. The minimum absolute atomic E-state index is 0.573. The van der Waals surface area contributed by atoms with Crippen LogP contribution >= 0.6 is 28.1 Å². The molecular weight excluding hydrogens is 338 g/mol. The van der Waals surface area contributed by atoms with Crippen molar-refractivity contribution in [3.05, 3.63) is 38.3 Å². The summed E-state index contributed by atoms with van der Waals surface area (Å²) in [5.41, 5.74) is 2.45. The lowest BCUT2D eigenvalue weighted by atomic mass is 10.1. The van der Waals surface area contributed by atoms with Gasteiger partial charge in [-0.15, -0.1) is 0 Å². The summed E-state index contributed by atoms with van der Waals surface area (Å²) in [7, 11) is 0. The number of H-pyrrole nitrogens is 1. The quantitative estimate of drug-likeness (QED) is 0.859. The van der Waals surface area contributed by atoms with Gasteiger partial charge in [0, 0.05) is 22.4 Å². The van der Waals surface area contributed by atoms with Crippen molar-refractivity contribution < 1.29 is 4.74 Å². The van der Waals surface area contributed by atoms with E-state index >= 15 is 0 Å². The summed E-state index contributed by atoms with van der Waals surface area (Å²) in [5, 5.41) is 7.31. The highest BCUT2D eigenvalue weighted by Crippen LogP contribution is 2.40. The molecule has 2 heterocycles. The minimum atomic E-state index is 0.573. The molecule has 1 N–H and O–H groups in total. The van der Waals surface area contributed by atoms with Gasteiger partial charge in [-0.05, 0) is 42.8 Å². The zero-order valence-corrected chi connectivity index (χ0v) is 13.3. The van der Waals surface area contributed by atoms with Gasteiger partial charge in [-0.3, -0.25) is 9.67 Å². The Morgan fingerprint density at radius 3 is 3.10 bits per heavy atom. The molecule has 4 nitrogen and oxygen atoms in total. The maximum absolute atomic E-state index is 5.79. The van der Waals surface area contributed by atoms with Gasteiger partial charge in [-0.1, -0.05) is 15.9 Å². The van der Waals surface area contributed by atoms with Gasteiger partial charge in [0.15, 0.2) is 4.77 Å². The first-order valence-electron chi connectivity index (χ1n) is 6.81. The number of aromatic nitrogens is 3. The average Bonchev–Trinajstić information content (AvgIpc) is 3.04. The number of benzene rings is 1. The normalized spacial score (nSPS) is 17.1. The Hall–Kier alpha value is -1.14. The van der Waals surface area contributed by atoms with Crippen LogP contribution in [0.4, 0.5) is 0 Å². The maximum Gasteiger partial charge on any atom is 0.195 e. The lowest BCUT2D eigenvalue weighted by Gasteiger charge is -2.11. The highest BCUT2D eigenvalue weighted by Gasteiger charge is 2.29. The fourth-order valence-electron chi connectivity index (χ4n) is 2.77. The second kappa shape index (κ2) is 4.70. The third-order valence-corrected chi connectivity index (χ3v) is 4.65. The highest BCUT2D eigenvalue weighted by molar-refractivity contribution is 9.10. The molecule has 1 aliphatic carbocycles. The van der Waals surface area contributed by atoms with E-state index in [0.717, 1.165) is 35.6 Å². The van der Waals surface area contributed by atoms with Gasteiger partial charge in [0.2, 0.25) is 0 Å². The van der Waals surface area contributed by atoms with Crippen LogP contribution in [0.15, 0.2) is 16.6 Å². The monoisotopic (exact) mass is 351 g/mol. The lowest BCUT2D eigenvalue weighted by molar-refractivity contribution is 0.352.